The van der Waals surface area contributed by atoms with Crippen molar-refractivity contribution in [2.45, 2.75) is 45.1 Å². The minimum atomic E-state index is -0.495. The number of aromatic nitrogens is 2. The summed E-state index contributed by atoms with van der Waals surface area (Å²) in [5.41, 5.74) is -0.495. The molecule has 19 heavy (non-hydrogen) atoms. The van der Waals surface area contributed by atoms with Gasteiger partial charge in [-0.25, -0.2) is 0 Å². The molecule has 1 aliphatic heterocycles. The van der Waals surface area contributed by atoms with E-state index in [0.29, 0.717) is 44.4 Å². The zero-order chi connectivity index (χ0) is 13.7. The van der Waals surface area contributed by atoms with Gasteiger partial charge in [0.1, 0.15) is 11.4 Å². The number of nitrogens with zero attached hydrogens (tertiary/aromatic N) is 2. The Bertz CT molecular complexity index is 419. The van der Waals surface area contributed by atoms with E-state index >= 15 is 0 Å². The van der Waals surface area contributed by atoms with E-state index in [2.05, 4.69) is 10.1 Å². The molecule has 6 nitrogen and oxygen atoms in total. The summed E-state index contributed by atoms with van der Waals surface area (Å²) in [5.74, 6) is 1.19. The Kier molecular flexibility index (Phi) is 4.66. The van der Waals surface area contributed by atoms with Crippen molar-refractivity contribution in [1.29, 1.82) is 0 Å². The number of hydrogen-bond acceptors (Lipinski definition) is 6. The SMILES string of the molecule is CCOC1(c2noc(CCC(C)=O)n2)CCOCC1. The van der Waals surface area contributed by atoms with Crippen LogP contribution in [0.25, 0.3) is 0 Å². The van der Waals surface area contributed by atoms with Crippen LogP contribution in [0.4, 0.5) is 0 Å². The smallest absolute Gasteiger partial charge is 0.227 e. The van der Waals surface area contributed by atoms with Crippen molar-refractivity contribution in [1.82, 2.24) is 10.1 Å². The molecule has 6 heteroatoms. The molecule has 0 aromatic carbocycles. The van der Waals surface area contributed by atoms with Crippen molar-refractivity contribution < 1.29 is 18.8 Å². The van der Waals surface area contributed by atoms with Crippen LogP contribution in [-0.4, -0.2) is 35.7 Å². The largest absolute Gasteiger partial charge is 0.381 e. The number of ketones is 1. The highest BCUT2D eigenvalue weighted by Gasteiger charge is 2.39. The van der Waals surface area contributed by atoms with Gasteiger partial charge in [0.2, 0.25) is 11.7 Å². The number of carbonyl (C=O) groups excluding carboxylic acids is 1. The van der Waals surface area contributed by atoms with Crippen LogP contribution >= 0.6 is 0 Å². The Morgan fingerprint density at radius 3 is 2.79 bits per heavy atom. The normalized spacial score (nSPS) is 18.4. The predicted octanol–water partition coefficient (Wildman–Crippen LogP) is 1.63. The van der Waals surface area contributed by atoms with Gasteiger partial charge >= 0.3 is 0 Å². The fraction of sp³-hybridized carbons (Fsp3) is 0.769. The average Bonchev–Trinajstić information content (AvgIpc) is 2.87. The summed E-state index contributed by atoms with van der Waals surface area (Å²) in [7, 11) is 0. The molecule has 1 aromatic heterocycles. The van der Waals surface area contributed by atoms with Crippen LogP contribution in [-0.2, 0) is 26.3 Å². The van der Waals surface area contributed by atoms with Crippen LogP contribution in [0.3, 0.4) is 0 Å². The van der Waals surface area contributed by atoms with Crippen LogP contribution in [0.5, 0.6) is 0 Å². The summed E-state index contributed by atoms with van der Waals surface area (Å²) in [6, 6.07) is 0. The van der Waals surface area contributed by atoms with E-state index in [9.17, 15) is 4.79 Å². The Morgan fingerprint density at radius 2 is 2.16 bits per heavy atom. The maximum absolute atomic E-state index is 11.0. The molecule has 0 unspecified atom stereocenters. The molecule has 2 rings (SSSR count). The van der Waals surface area contributed by atoms with E-state index in [4.69, 9.17) is 14.0 Å². The lowest BCUT2D eigenvalue weighted by atomic mass is 9.93. The second kappa shape index (κ2) is 6.25. The first-order chi connectivity index (χ1) is 9.16. The fourth-order valence-electron chi connectivity index (χ4n) is 2.23. The van der Waals surface area contributed by atoms with Crippen molar-refractivity contribution in [2.24, 2.45) is 0 Å². The number of carbonyl (C=O) groups is 1. The van der Waals surface area contributed by atoms with Gasteiger partial charge in [-0.3, -0.25) is 0 Å². The summed E-state index contributed by atoms with van der Waals surface area (Å²) in [6.07, 6.45) is 2.37. The number of ether oxygens (including phenoxy) is 2. The Morgan fingerprint density at radius 1 is 1.42 bits per heavy atom. The van der Waals surface area contributed by atoms with E-state index in [1.165, 1.54) is 0 Å². The second-order valence-corrected chi connectivity index (χ2v) is 4.75. The number of hydrogen-bond donors (Lipinski definition) is 0. The van der Waals surface area contributed by atoms with Crippen LogP contribution in [0.1, 0.15) is 44.8 Å². The molecule has 0 spiro atoms. The standard InChI is InChI=1S/C13H20N2O4/c1-3-18-13(6-8-17-9-7-13)12-14-11(19-15-12)5-4-10(2)16/h3-9H2,1-2H3. The van der Waals surface area contributed by atoms with Gasteiger partial charge in [0.15, 0.2) is 0 Å². The maximum atomic E-state index is 11.0. The molecule has 2 heterocycles. The minimum absolute atomic E-state index is 0.116. The van der Waals surface area contributed by atoms with Crippen LogP contribution in [0, 0.1) is 0 Å². The van der Waals surface area contributed by atoms with Gasteiger partial charge < -0.3 is 18.8 Å². The summed E-state index contributed by atoms with van der Waals surface area (Å²) >= 11 is 0. The van der Waals surface area contributed by atoms with Gasteiger partial charge in [0.05, 0.1) is 0 Å². The molecule has 1 aromatic rings. The number of rotatable bonds is 6. The van der Waals surface area contributed by atoms with Crippen molar-refractivity contribution in [3.8, 4) is 0 Å². The van der Waals surface area contributed by atoms with Crippen LogP contribution < -0.4 is 0 Å². The summed E-state index contributed by atoms with van der Waals surface area (Å²) in [6.45, 7) is 5.37. The zero-order valence-corrected chi connectivity index (χ0v) is 11.5. The first-order valence-electron chi connectivity index (χ1n) is 6.70. The van der Waals surface area contributed by atoms with E-state index in [1.54, 1.807) is 6.92 Å². The molecule has 1 saturated heterocycles. The number of aryl methyl sites for hydroxylation is 1. The summed E-state index contributed by atoms with van der Waals surface area (Å²) in [4.78, 5) is 15.3. The molecular formula is C13H20N2O4. The first kappa shape index (κ1) is 14.1. The lowest BCUT2D eigenvalue weighted by Gasteiger charge is -2.33. The van der Waals surface area contributed by atoms with Crippen molar-refractivity contribution in [3.05, 3.63) is 11.7 Å². The third-order valence-electron chi connectivity index (χ3n) is 3.29. The first-order valence-corrected chi connectivity index (χ1v) is 6.70. The molecule has 0 radical (unpaired) electrons. The Hall–Kier alpha value is -1.27. The Balaban J connectivity index is 2.11. The molecule has 0 amide bonds. The van der Waals surface area contributed by atoms with Gasteiger partial charge in [0.25, 0.3) is 0 Å². The average molecular weight is 268 g/mol. The third-order valence-corrected chi connectivity index (χ3v) is 3.29. The molecule has 0 aliphatic carbocycles. The molecule has 0 saturated carbocycles. The zero-order valence-electron chi connectivity index (χ0n) is 11.5. The highest BCUT2D eigenvalue weighted by Crippen LogP contribution is 2.34. The third kappa shape index (κ3) is 3.39. The van der Waals surface area contributed by atoms with Gasteiger partial charge in [0, 0.05) is 45.5 Å². The highest BCUT2D eigenvalue weighted by atomic mass is 16.5. The molecule has 0 bridgehead atoms. The lowest BCUT2D eigenvalue weighted by Crippen LogP contribution is -2.37. The second-order valence-electron chi connectivity index (χ2n) is 4.75. The maximum Gasteiger partial charge on any atom is 0.227 e. The molecule has 1 fully saturated rings. The molecule has 1 aliphatic rings. The van der Waals surface area contributed by atoms with Crippen molar-refractivity contribution in [2.75, 3.05) is 19.8 Å². The van der Waals surface area contributed by atoms with Crippen LogP contribution in [0.2, 0.25) is 0 Å². The molecule has 0 atom stereocenters. The highest BCUT2D eigenvalue weighted by molar-refractivity contribution is 5.75. The van der Waals surface area contributed by atoms with Gasteiger partial charge in [-0.1, -0.05) is 5.16 Å². The Labute approximate surface area is 112 Å². The van der Waals surface area contributed by atoms with E-state index < -0.39 is 5.60 Å². The van der Waals surface area contributed by atoms with Crippen LogP contribution in [0.15, 0.2) is 4.52 Å². The molecule has 0 N–H and O–H groups in total. The molecular weight excluding hydrogens is 248 g/mol. The lowest BCUT2D eigenvalue weighted by molar-refractivity contribution is -0.118. The van der Waals surface area contributed by atoms with Crippen molar-refractivity contribution in [3.63, 3.8) is 0 Å². The van der Waals surface area contributed by atoms with Crippen molar-refractivity contribution >= 4 is 5.78 Å². The van der Waals surface area contributed by atoms with Gasteiger partial charge in [-0.05, 0) is 13.8 Å². The van der Waals surface area contributed by atoms with Gasteiger partial charge in [-0.2, -0.15) is 4.98 Å². The van der Waals surface area contributed by atoms with E-state index in [-0.39, 0.29) is 5.78 Å². The quantitative estimate of drug-likeness (QED) is 0.780. The van der Waals surface area contributed by atoms with Gasteiger partial charge in [-0.15, -0.1) is 0 Å². The van der Waals surface area contributed by atoms with E-state index in [1.807, 2.05) is 6.92 Å². The topological polar surface area (TPSA) is 74.5 Å². The monoisotopic (exact) mass is 268 g/mol. The summed E-state index contributed by atoms with van der Waals surface area (Å²) < 4.78 is 16.4. The minimum Gasteiger partial charge on any atom is -0.381 e. The number of Topliss-reactive ketones (excluding diaryl/α,β-unsaturated/α-hetero) is 1. The summed E-state index contributed by atoms with van der Waals surface area (Å²) in [5, 5.41) is 4.03. The molecule has 106 valence electrons. The predicted molar refractivity (Wildman–Crippen MR) is 66.7 cm³/mol. The fourth-order valence-corrected chi connectivity index (χ4v) is 2.23. The van der Waals surface area contributed by atoms with E-state index in [0.717, 1.165) is 12.8 Å².